The van der Waals surface area contributed by atoms with E-state index in [1.54, 1.807) is 109 Å². The van der Waals surface area contributed by atoms with Gasteiger partial charge in [0.15, 0.2) is 6.17 Å². The number of aryl methyl sites for hydroxylation is 1. The first-order valence-corrected chi connectivity index (χ1v) is 12.6. The van der Waals surface area contributed by atoms with Crippen molar-refractivity contribution < 1.29 is 17.9 Å². The number of hydrogen-bond acceptors (Lipinski definition) is 4. The van der Waals surface area contributed by atoms with E-state index in [4.69, 9.17) is 4.74 Å². The van der Waals surface area contributed by atoms with E-state index in [0.29, 0.717) is 28.3 Å². The molecular formula is C28H24N2O4S. The smallest absolute Gasteiger partial charge is 0.266 e. The molecule has 0 saturated heterocycles. The van der Waals surface area contributed by atoms with Gasteiger partial charge in [0.1, 0.15) is 5.75 Å². The first-order valence-electron chi connectivity index (χ1n) is 11.1. The van der Waals surface area contributed by atoms with E-state index >= 15 is 0 Å². The highest BCUT2D eigenvalue weighted by Crippen LogP contribution is 2.49. The van der Waals surface area contributed by atoms with E-state index in [0.717, 1.165) is 5.56 Å². The van der Waals surface area contributed by atoms with Crippen LogP contribution in [0.5, 0.6) is 5.75 Å². The minimum absolute atomic E-state index is 0.158. The summed E-state index contributed by atoms with van der Waals surface area (Å²) in [5, 5.41) is 0. The third-order valence-corrected chi connectivity index (χ3v) is 7.86. The first-order chi connectivity index (χ1) is 16.9. The van der Waals surface area contributed by atoms with Crippen LogP contribution < -0.4 is 13.9 Å². The van der Waals surface area contributed by atoms with Crippen LogP contribution in [0.15, 0.2) is 108 Å². The molecule has 35 heavy (non-hydrogen) atoms. The van der Waals surface area contributed by atoms with Crippen molar-refractivity contribution in [1.82, 2.24) is 0 Å². The Bertz CT molecular complexity index is 1470. The van der Waals surface area contributed by atoms with E-state index in [2.05, 4.69) is 0 Å². The van der Waals surface area contributed by atoms with E-state index in [-0.39, 0.29) is 10.8 Å². The van der Waals surface area contributed by atoms with Crippen LogP contribution in [0.2, 0.25) is 0 Å². The monoisotopic (exact) mass is 484 g/mol. The lowest BCUT2D eigenvalue weighted by molar-refractivity contribution is 0.0980. The molecule has 176 valence electrons. The average Bonchev–Trinajstić information content (AvgIpc) is 3.25. The van der Waals surface area contributed by atoms with Crippen LogP contribution in [-0.2, 0) is 10.0 Å². The highest BCUT2D eigenvalue weighted by molar-refractivity contribution is 7.92. The average molecular weight is 485 g/mol. The maximum atomic E-state index is 14.1. The van der Waals surface area contributed by atoms with Crippen LogP contribution in [-0.4, -0.2) is 21.4 Å². The molecule has 1 aliphatic heterocycles. The van der Waals surface area contributed by atoms with E-state index in [1.807, 2.05) is 13.0 Å². The molecule has 4 aromatic rings. The van der Waals surface area contributed by atoms with Gasteiger partial charge in [-0.15, -0.1) is 0 Å². The summed E-state index contributed by atoms with van der Waals surface area (Å²) < 4.78 is 34.8. The molecule has 0 saturated carbocycles. The molecule has 0 fully saturated rings. The summed E-state index contributed by atoms with van der Waals surface area (Å²) in [4.78, 5) is 15.6. The normalized spacial score (nSPS) is 15.1. The molecule has 7 heteroatoms. The van der Waals surface area contributed by atoms with Crippen molar-refractivity contribution in [2.75, 3.05) is 16.3 Å². The summed E-state index contributed by atoms with van der Waals surface area (Å²) in [6.45, 7) is 1.90. The van der Waals surface area contributed by atoms with Crippen LogP contribution in [0.3, 0.4) is 0 Å². The van der Waals surface area contributed by atoms with Gasteiger partial charge in [-0.1, -0.05) is 60.2 Å². The summed E-state index contributed by atoms with van der Waals surface area (Å²) in [6, 6.07) is 29.8. The minimum atomic E-state index is -4.02. The summed E-state index contributed by atoms with van der Waals surface area (Å²) in [6.07, 6.45) is -0.919. The number of ether oxygens (including phenoxy) is 1. The number of methoxy groups -OCH3 is 1. The number of carbonyl (C=O) groups excluding carboxylic acids is 1. The second kappa shape index (κ2) is 8.92. The van der Waals surface area contributed by atoms with Crippen LogP contribution in [0.1, 0.15) is 27.7 Å². The van der Waals surface area contributed by atoms with Crippen molar-refractivity contribution in [2.45, 2.75) is 18.0 Å². The lowest BCUT2D eigenvalue weighted by Crippen LogP contribution is -2.42. The van der Waals surface area contributed by atoms with Crippen LogP contribution in [0, 0.1) is 6.92 Å². The van der Waals surface area contributed by atoms with E-state index in [9.17, 15) is 13.2 Å². The molecular weight excluding hydrogens is 460 g/mol. The Morgan fingerprint density at radius 1 is 0.771 bits per heavy atom. The van der Waals surface area contributed by atoms with E-state index in [1.165, 1.54) is 4.31 Å². The van der Waals surface area contributed by atoms with Crippen molar-refractivity contribution in [3.8, 4) is 5.75 Å². The van der Waals surface area contributed by atoms with Gasteiger partial charge in [0.25, 0.3) is 15.9 Å². The molecule has 1 atom stereocenters. The molecule has 0 bridgehead atoms. The summed E-state index contributed by atoms with van der Waals surface area (Å²) in [7, 11) is -2.45. The van der Waals surface area contributed by atoms with Crippen LogP contribution >= 0.6 is 0 Å². The Hall–Kier alpha value is -4.10. The number of rotatable bonds is 5. The third-order valence-electron chi connectivity index (χ3n) is 6.08. The van der Waals surface area contributed by atoms with Crippen molar-refractivity contribution >= 4 is 27.3 Å². The third kappa shape index (κ3) is 3.94. The molecule has 0 aliphatic carbocycles. The maximum Gasteiger partial charge on any atom is 0.266 e. The highest BCUT2D eigenvalue weighted by Gasteiger charge is 2.46. The molecule has 5 rings (SSSR count). The summed E-state index contributed by atoms with van der Waals surface area (Å²) in [5.41, 5.74) is 3.03. The van der Waals surface area contributed by atoms with Gasteiger partial charge >= 0.3 is 0 Å². The standard InChI is InChI=1S/C28H24N2O4S/c1-20-12-18-24(19-13-20)35(32,33)30-26-11-7-6-10-25(26)29(28(31)22-8-4-3-5-9-22)27(30)21-14-16-23(34-2)17-15-21/h3-19,27H,1-2H3/t27-/m0/s1. The van der Waals surface area contributed by atoms with Gasteiger partial charge in [-0.3, -0.25) is 9.69 Å². The zero-order valence-electron chi connectivity index (χ0n) is 19.3. The molecule has 0 N–H and O–H groups in total. The van der Waals surface area contributed by atoms with Gasteiger partial charge in [0, 0.05) is 5.56 Å². The molecule has 0 radical (unpaired) electrons. The number of para-hydroxylation sites is 2. The topological polar surface area (TPSA) is 66.9 Å². The fourth-order valence-corrected chi connectivity index (χ4v) is 5.91. The molecule has 0 spiro atoms. The second-order valence-corrected chi connectivity index (χ2v) is 10.1. The number of benzene rings is 4. The zero-order valence-corrected chi connectivity index (χ0v) is 20.1. The predicted molar refractivity (Wildman–Crippen MR) is 136 cm³/mol. The minimum Gasteiger partial charge on any atom is -0.497 e. The van der Waals surface area contributed by atoms with Gasteiger partial charge in [-0.05, 0) is 61.0 Å². The molecule has 0 aromatic heterocycles. The molecule has 1 amide bonds. The zero-order chi connectivity index (χ0) is 24.6. The number of amides is 1. The van der Waals surface area contributed by atoms with Gasteiger partial charge in [-0.2, -0.15) is 0 Å². The lowest BCUT2D eigenvalue weighted by Gasteiger charge is -2.31. The number of fused-ring (bicyclic) bond motifs is 1. The molecule has 0 unspecified atom stereocenters. The molecule has 1 heterocycles. The number of sulfonamides is 1. The van der Waals surface area contributed by atoms with Gasteiger partial charge in [-0.25, -0.2) is 12.7 Å². The number of carbonyl (C=O) groups is 1. The molecule has 1 aliphatic rings. The van der Waals surface area contributed by atoms with Gasteiger partial charge in [0.2, 0.25) is 0 Å². The number of hydrogen-bond donors (Lipinski definition) is 0. The second-order valence-electron chi connectivity index (χ2n) is 8.29. The van der Waals surface area contributed by atoms with Gasteiger partial charge in [0.05, 0.1) is 23.4 Å². The fourth-order valence-electron chi connectivity index (χ4n) is 4.31. The first kappa shape index (κ1) is 22.7. The van der Waals surface area contributed by atoms with Crippen molar-refractivity contribution in [3.63, 3.8) is 0 Å². The Labute approximate surface area is 205 Å². The van der Waals surface area contributed by atoms with Crippen LogP contribution in [0.25, 0.3) is 0 Å². The van der Waals surface area contributed by atoms with Gasteiger partial charge < -0.3 is 4.74 Å². The summed E-state index contributed by atoms with van der Waals surface area (Å²) >= 11 is 0. The largest absolute Gasteiger partial charge is 0.497 e. The number of nitrogens with zero attached hydrogens (tertiary/aromatic N) is 2. The SMILES string of the molecule is COc1ccc([C@H]2N(C(=O)c3ccccc3)c3ccccc3N2S(=O)(=O)c2ccc(C)cc2)cc1. The Kier molecular flexibility index (Phi) is 5.78. The Morgan fingerprint density at radius 2 is 1.37 bits per heavy atom. The van der Waals surface area contributed by atoms with Crippen LogP contribution in [0.4, 0.5) is 11.4 Å². The van der Waals surface area contributed by atoms with E-state index < -0.39 is 16.2 Å². The highest BCUT2D eigenvalue weighted by atomic mass is 32.2. The summed E-state index contributed by atoms with van der Waals surface area (Å²) in [5.74, 6) is 0.346. The predicted octanol–water partition coefficient (Wildman–Crippen LogP) is 5.56. The number of anilines is 2. The fraction of sp³-hybridized carbons (Fsp3) is 0.107. The van der Waals surface area contributed by atoms with Crippen molar-refractivity contribution in [1.29, 1.82) is 0 Å². The lowest BCUT2D eigenvalue weighted by atomic mass is 10.1. The Balaban J connectivity index is 1.74. The maximum absolute atomic E-state index is 14.1. The Morgan fingerprint density at radius 3 is 2.00 bits per heavy atom. The quantitative estimate of drug-likeness (QED) is 0.372. The van der Waals surface area contributed by atoms with Crippen molar-refractivity contribution in [3.05, 3.63) is 120 Å². The van der Waals surface area contributed by atoms with Crippen molar-refractivity contribution in [2.24, 2.45) is 0 Å². The molecule has 4 aromatic carbocycles. The molecule has 6 nitrogen and oxygen atoms in total.